The van der Waals surface area contributed by atoms with Gasteiger partial charge >= 0.3 is 0 Å². The number of ether oxygens (including phenoxy) is 1. The monoisotopic (exact) mass is 887 g/mol. The van der Waals surface area contributed by atoms with Crippen molar-refractivity contribution in [1.29, 1.82) is 0 Å². The highest BCUT2D eigenvalue weighted by Crippen LogP contribution is 2.33. The molecule has 2 fully saturated rings. The van der Waals surface area contributed by atoms with Crippen molar-refractivity contribution in [2.24, 2.45) is 0 Å². The summed E-state index contributed by atoms with van der Waals surface area (Å²) in [6, 6.07) is 25.4. The SMILES string of the molecule is Cc1cc(N)ccc1[N+](=O)[O-].Cc1cc(N2CCCS2(=O)=O)ccc1N.[C-]#[N+]c1cc(Cl)cc(Oc2cc(CC(=O)Nc3ccc(N4CCCS4(=O)=O)cc3C)ccc2C)c1. The van der Waals surface area contributed by atoms with Gasteiger partial charge in [-0.15, -0.1) is 0 Å². The Bertz CT molecular complexity index is 2740. The molecule has 0 aliphatic carbocycles. The van der Waals surface area contributed by atoms with Crippen molar-refractivity contribution in [3.63, 3.8) is 0 Å². The van der Waals surface area contributed by atoms with E-state index in [9.17, 15) is 31.7 Å². The number of sulfonamides is 2. The summed E-state index contributed by atoms with van der Waals surface area (Å²) in [5.41, 5.74) is 18.7. The summed E-state index contributed by atoms with van der Waals surface area (Å²) in [6.45, 7) is 15.5. The molecule has 7 rings (SSSR count). The minimum Gasteiger partial charge on any atom is -0.458 e. The predicted molar refractivity (Wildman–Crippen MR) is 242 cm³/mol. The molecule has 2 saturated heterocycles. The Morgan fingerprint density at radius 2 is 1.43 bits per heavy atom. The molecule has 1 amide bonds. The summed E-state index contributed by atoms with van der Waals surface area (Å²) in [4.78, 5) is 26.0. The van der Waals surface area contributed by atoms with E-state index in [1.165, 1.54) is 20.7 Å². The Morgan fingerprint density at radius 3 is 1.97 bits per heavy atom. The second kappa shape index (κ2) is 19.4. The van der Waals surface area contributed by atoms with Crippen LogP contribution in [0.25, 0.3) is 4.85 Å². The third kappa shape index (κ3) is 11.9. The molecule has 0 radical (unpaired) electrons. The maximum Gasteiger partial charge on any atom is 0.272 e. The van der Waals surface area contributed by atoms with Gasteiger partial charge in [-0.1, -0.05) is 23.7 Å². The van der Waals surface area contributed by atoms with Crippen LogP contribution in [0.1, 0.15) is 40.7 Å². The van der Waals surface area contributed by atoms with E-state index in [0.717, 1.165) is 27.9 Å². The second-order valence-corrected chi connectivity index (χ2v) is 19.0. The molecule has 2 aliphatic heterocycles. The van der Waals surface area contributed by atoms with Crippen molar-refractivity contribution in [2.45, 2.75) is 47.0 Å². The quantitative estimate of drug-likeness (QED) is 0.0584. The van der Waals surface area contributed by atoms with Gasteiger partial charge < -0.3 is 21.5 Å². The number of rotatable bonds is 8. The highest BCUT2D eigenvalue weighted by molar-refractivity contribution is 7.93. The van der Waals surface area contributed by atoms with Crippen LogP contribution in [0.4, 0.5) is 39.8 Å². The van der Waals surface area contributed by atoms with E-state index in [1.54, 1.807) is 67.6 Å². The van der Waals surface area contributed by atoms with E-state index in [0.29, 0.717) is 76.5 Å². The number of nitrogen functional groups attached to an aromatic ring is 2. The number of nitro benzene ring substituents is 1. The highest BCUT2D eigenvalue weighted by atomic mass is 35.5. The van der Waals surface area contributed by atoms with Gasteiger partial charge in [0.15, 0.2) is 5.69 Å². The molecule has 0 aromatic heterocycles. The molecule has 5 aromatic rings. The lowest BCUT2D eigenvalue weighted by atomic mass is 10.1. The number of benzene rings is 5. The van der Waals surface area contributed by atoms with Gasteiger partial charge in [-0.3, -0.25) is 23.5 Å². The van der Waals surface area contributed by atoms with Crippen molar-refractivity contribution >= 4 is 77.4 Å². The summed E-state index contributed by atoms with van der Waals surface area (Å²) in [5.74, 6) is 1.22. The molecule has 15 nitrogen and oxygen atoms in total. The van der Waals surface area contributed by atoms with Crippen molar-refractivity contribution in [1.82, 2.24) is 0 Å². The van der Waals surface area contributed by atoms with Crippen LogP contribution in [0.15, 0.2) is 91.0 Å². The Kier molecular flexibility index (Phi) is 14.5. The van der Waals surface area contributed by atoms with E-state index in [2.05, 4.69) is 10.2 Å². The van der Waals surface area contributed by atoms with Gasteiger partial charge in [-0.25, -0.2) is 21.7 Å². The van der Waals surface area contributed by atoms with Crippen molar-refractivity contribution in [2.75, 3.05) is 50.0 Å². The maximum absolute atomic E-state index is 12.8. The van der Waals surface area contributed by atoms with Crippen LogP contribution < -0.4 is 30.1 Å². The van der Waals surface area contributed by atoms with Gasteiger partial charge in [-0.05, 0) is 136 Å². The van der Waals surface area contributed by atoms with E-state index < -0.39 is 25.0 Å². The zero-order chi connectivity index (χ0) is 44.6. The third-order valence-electron chi connectivity index (χ3n) is 9.76. The van der Waals surface area contributed by atoms with E-state index in [1.807, 2.05) is 39.0 Å². The fraction of sp³-hybridized carbons (Fsp3) is 0.256. The van der Waals surface area contributed by atoms with Gasteiger partial charge in [0.2, 0.25) is 26.0 Å². The third-order valence-corrected chi connectivity index (χ3v) is 13.7. The van der Waals surface area contributed by atoms with E-state index in [4.69, 9.17) is 34.4 Å². The summed E-state index contributed by atoms with van der Waals surface area (Å²) in [7, 11) is -6.34. The molecule has 5 aromatic carbocycles. The van der Waals surface area contributed by atoms with Crippen LogP contribution >= 0.6 is 11.6 Å². The van der Waals surface area contributed by atoms with Crippen molar-refractivity contribution in [3.05, 3.63) is 145 Å². The van der Waals surface area contributed by atoms with Crippen LogP contribution in [0.3, 0.4) is 0 Å². The Morgan fingerprint density at radius 1 is 0.803 bits per heavy atom. The lowest BCUT2D eigenvalue weighted by Gasteiger charge is -2.18. The van der Waals surface area contributed by atoms with Crippen LogP contribution in [-0.4, -0.2) is 52.3 Å². The molecule has 320 valence electrons. The van der Waals surface area contributed by atoms with Gasteiger partial charge in [0.1, 0.15) is 11.5 Å². The number of nitrogens with two attached hydrogens (primary N) is 2. The van der Waals surface area contributed by atoms with Gasteiger partial charge in [0, 0.05) is 46.8 Å². The number of amides is 1. The van der Waals surface area contributed by atoms with Gasteiger partial charge in [0.25, 0.3) is 5.69 Å². The average molecular weight is 888 g/mol. The minimum absolute atomic E-state index is 0.110. The Balaban J connectivity index is 0.000000220. The summed E-state index contributed by atoms with van der Waals surface area (Å²) in [6.07, 6.45) is 1.44. The molecule has 0 spiro atoms. The molecule has 0 bridgehead atoms. The predicted octanol–water partition coefficient (Wildman–Crippen LogP) is 8.62. The first kappa shape index (κ1) is 45.7. The maximum atomic E-state index is 12.8. The Hall–Kier alpha value is -6.35. The zero-order valence-electron chi connectivity index (χ0n) is 34.0. The number of nitrogens with one attached hydrogen (secondary N) is 1. The van der Waals surface area contributed by atoms with Gasteiger partial charge in [-0.2, -0.15) is 0 Å². The molecular formula is C43H46ClN7O8S2. The first-order valence-electron chi connectivity index (χ1n) is 19.0. The highest BCUT2D eigenvalue weighted by Gasteiger charge is 2.29. The molecule has 0 atom stereocenters. The number of nitrogens with zero attached hydrogens (tertiary/aromatic N) is 4. The molecule has 18 heteroatoms. The molecule has 61 heavy (non-hydrogen) atoms. The van der Waals surface area contributed by atoms with Crippen LogP contribution in [-0.2, 0) is 31.3 Å². The van der Waals surface area contributed by atoms with Crippen LogP contribution in [0, 0.1) is 44.4 Å². The van der Waals surface area contributed by atoms with Crippen molar-refractivity contribution in [3.8, 4) is 11.5 Å². The smallest absolute Gasteiger partial charge is 0.272 e. The van der Waals surface area contributed by atoms with Crippen LogP contribution in [0.5, 0.6) is 11.5 Å². The van der Waals surface area contributed by atoms with E-state index in [-0.39, 0.29) is 29.5 Å². The molecule has 0 unspecified atom stereocenters. The molecule has 2 aliphatic rings. The molecular weight excluding hydrogens is 842 g/mol. The lowest BCUT2D eigenvalue weighted by Crippen LogP contribution is -2.25. The summed E-state index contributed by atoms with van der Waals surface area (Å²) in [5, 5.41) is 13.6. The first-order valence-corrected chi connectivity index (χ1v) is 22.6. The number of anilines is 5. The van der Waals surface area contributed by atoms with Crippen LogP contribution in [0.2, 0.25) is 5.02 Å². The second-order valence-electron chi connectivity index (χ2n) is 14.5. The number of hydrogen-bond donors (Lipinski definition) is 3. The fourth-order valence-electron chi connectivity index (χ4n) is 6.54. The first-order chi connectivity index (χ1) is 28.8. The Labute approximate surface area is 361 Å². The molecule has 5 N–H and O–H groups in total. The molecule has 0 saturated carbocycles. The summed E-state index contributed by atoms with van der Waals surface area (Å²) >= 11 is 6.08. The number of nitro groups is 1. The zero-order valence-corrected chi connectivity index (χ0v) is 36.4. The number of halogens is 1. The number of carbonyl (C=O) groups excluding carboxylic acids is 1. The topological polar surface area (TPSA) is 213 Å². The largest absolute Gasteiger partial charge is 0.458 e. The number of aryl methyl sites for hydroxylation is 4. The molecule has 2 heterocycles. The minimum atomic E-state index is -3.26. The standard InChI is InChI=1S/C26H24ClN3O4S.C10H14N2O2S.C7H8N2O2/c1-17-5-6-19(12-25(17)34-23-15-20(27)14-21(16-23)28-3)13-26(31)29-24-8-7-22(11-18(24)2)30-9-4-10-35(30,32)33;1-8-7-9(3-4-10(8)11)12-5-2-6-15(12,13)14;1-5-4-6(8)2-3-7(5)9(10)11/h5-8,11-12,14-16H,4,9-10,13H2,1-2H3,(H,29,31);3-4,7H,2,5-6,11H2,1H3;2-4H,8H2,1H3. The number of hydrogen-bond acceptors (Lipinski definition) is 10. The normalized spacial score (nSPS) is 14.8. The average Bonchev–Trinajstić information content (AvgIpc) is 3.74. The number of carbonyl (C=O) groups is 1. The van der Waals surface area contributed by atoms with E-state index >= 15 is 0 Å². The van der Waals surface area contributed by atoms with Gasteiger partial charge in [0.05, 0.1) is 40.8 Å². The lowest BCUT2D eigenvalue weighted by molar-refractivity contribution is -0.385. The summed E-state index contributed by atoms with van der Waals surface area (Å²) < 4.78 is 56.5. The fourth-order valence-corrected chi connectivity index (χ4v) is 9.88. The van der Waals surface area contributed by atoms with Crippen molar-refractivity contribution < 1.29 is 31.3 Å².